The topological polar surface area (TPSA) is 49.8 Å². The third kappa shape index (κ3) is 2.70. The molecule has 2 rings (SSSR count). The number of nitrogens with zero attached hydrogens (tertiary/aromatic N) is 3. The number of rotatable bonds is 4. The number of ether oxygens (including phenoxy) is 1. The van der Waals surface area contributed by atoms with E-state index in [2.05, 4.69) is 25.6 Å². The Kier molecular flexibility index (Phi) is 3.74. The molecule has 0 atom stereocenters. The van der Waals surface area contributed by atoms with Crippen molar-refractivity contribution in [2.45, 2.75) is 13.2 Å². The van der Waals surface area contributed by atoms with Crippen molar-refractivity contribution >= 4 is 17.3 Å². The number of hydrogen-bond donors (Lipinski definition) is 1. The fourth-order valence-electron chi connectivity index (χ4n) is 1.51. The lowest BCUT2D eigenvalue weighted by atomic mass is 10.5. The molecule has 0 amide bonds. The second-order valence-corrected chi connectivity index (χ2v) is 4.59. The first-order chi connectivity index (χ1) is 7.79. The van der Waals surface area contributed by atoms with Crippen LogP contribution in [0.1, 0.15) is 10.7 Å². The zero-order valence-corrected chi connectivity index (χ0v) is 10.4. The number of guanidine groups is 1. The minimum absolute atomic E-state index is 0.589. The number of nitrogens with one attached hydrogen (secondary N) is 1. The average Bonchev–Trinajstić information content (AvgIpc) is 2.86. The fourth-order valence-corrected chi connectivity index (χ4v) is 2.28. The van der Waals surface area contributed by atoms with Crippen molar-refractivity contribution in [3.8, 4) is 0 Å². The number of aliphatic imine (C=N–C) groups is 1. The smallest absolute Gasteiger partial charge is 0.194 e. The van der Waals surface area contributed by atoms with E-state index in [0.717, 1.165) is 36.3 Å². The van der Waals surface area contributed by atoms with Crippen LogP contribution in [0.2, 0.25) is 0 Å². The Morgan fingerprint density at radius 2 is 2.50 bits per heavy atom. The maximum Gasteiger partial charge on any atom is 0.194 e. The van der Waals surface area contributed by atoms with E-state index >= 15 is 0 Å². The number of thiazole rings is 1. The van der Waals surface area contributed by atoms with Gasteiger partial charge in [0.1, 0.15) is 5.01 Å². The first kappa shape index (κ1) is 11.3. The summed E-state index contributed by atoms with van der Waals surface area (Å²) in [7, 11) is 3.72. The van der Waals surface area contributed by atoms with E-state index in [1.54, 1.807) is 18.4 Å². The van der Waals surface area contributed by atoms with Crippen LogP contribution in [0.15, 0.2) is 10.4 Å². The van der Waals surface area contributed by atoms with Crippen molar-refractivity contribution in [3.63, 3.8) is 0 Å². The van der Waals surface area contributed by atoms with E-state index in [9.17, 15) is 0 Å². The van der Waals surface area contributed by atoms with Crippen molar-refractivity contribution < 1.29 is 4.74 Å². The maximum atomic E-state index is 5.03. The molecule has 0 aromatic carbocycles. The first-order valence-electron chi connectivity index (χ1n) is 5.21. The van der Waals surface area contributed by atoms with Gasteiger partial charge in [0.05, 0.1) is 25.4 Å². The minimum atomic E-state index is 0.589. The molecule has 2 heterocycles. The van der Waals surface area contributed by atoms with Gasteiger partial charge < -0.3 is 15.0 Å². The minimum Gasteiger partial charge on any atom is -0.378 e. The molecule has 1 aliphatic heterocycles. The van der Waals surface area contributed by atoms with Gasteiger partial charge in [-0.2, -0.15) is 0 Å². The van der Waals surface area contributed by atoms with Crippen molar-refractivity contribution in [1.29, 1.82) is 0 Å². The van der Waals surface area contributed by atoms with Gasteiger partial charge in [-0.15, -0.1) is 11.3 Å². The molecule has 0 bridgehead atoms. The van der Waals surface area contributed by atoms with Crippen LogP contribution in [-0.4, -0.2) is 43.1 Å². The zero-order chi connectivity index (χ0) is 11.4. The number of hydrogen-bond acceptors (Lipinski definition) is 6. The largest absolute Gasteiger partial charge is 0.378 e. The molecule has 5 nitrogen and oxygen atoms in total. The Morgan fingerprint density at radius 1 is 1.62 bits per heavy atom. The monoisotopic (exact) mass is 240 g/mol. The van der Waals surface area contributed by atoms with Crippen LogP contribution in [0, 0.1) is 0 Å². The van der Waals surface area contributed by atoms with Gasteiger partial charge in [-0.05, 0) is 0 Å². The van der Waals surface area contributed by atoms with Crippen LogP contribution in [-0.2, 0) is 17.9 Å². The molecule has 0 spiro atoms. The molecule has 0 unspecified atom stereocenters. The highest BCUT2D eigenvalue weighted by molar-refractivity contribution is 7.09. The lowest BCUT2D eigenvalue weighted by molar-refractivity contribution is 0.184. The van der Waals surface area contributed by atoms with E-state index in [4.69, 9.17) is 4.74 Å². The van der Waals surface area contributed by atoms with Gasteiger partial charge in [-0.3, -0.25) is 4.99 Å². The third-order valence-corrected chi connectivity index (χ3v) is 3.22. The second-order valence-electron chi connectivity index (χ2n) is 3.65. The van der Waals surface area contributed by atoms with Gasteiger partial charge in [-0.25, -0.2) is 4.98 Å². The number of methoxy groups -OCH3 is 1. The van der Waals surface area contributed by atoms with E-state index in [0.29, 0.717) is 6.61 Å². The third-order valence-electron chi connectivity index (χ3n) is 2.35. The van der Waals surface area contributed by atoms with Gasteiger partial charge >= 0.3 is 0 Å². The summed E-state index contributed by atoms with van der Waals surface area (Å²) < 4.78 is 5.03. The van der Waals surface area contributed by atoms with Crippen molar-refractivity contribution in [1.82, 2.24) is 15.2 Å². The lowest BCUT2D eigenvalue weighted by Crippen LogP contribution is -2.35. The average molecular weight is 240 g/mol. The van der Waals surface area contributed by atoms with Gasteiger partial charge in [0, 0.05) is 26.1 Å². The van der Waals surface area contributed by atoms with Crippen LogP contribution in [0.4, 0.5) is 0 Å². The van der Waals surface area contributed by atoms with Crippen LogP contribution < -0.4 is 5.32 Å². The predicted octanol–water partition coefficient (Wildman–Crippen LogP) is 0.681. The molecule has 88 valence electrons. The van der Waals surface area contributed by atoms with Crippen LogP contribution >= 0.6 is 11.3 Å². The van der Waals surface area contributed by atoms with E-state index in [-0.39, 0.29) is 0 Å². The highest BCUT2D eigenvalue weighted by Crippen LogP contribution is 2.10. The summed E-state index contributed by atoms with van der Waals surface area (Å²) in [4.78, 5) is 10.9. The molecule has 0 saturated heterocycles. The summed E-state index contributed by atoms with van der Waals surface area (Å²) >= 11 is 1.63. The van der Waals surface area contributed by atoms with Crippen molar-refractivity contribution in [2.75, 3.05) is 27.2 Å². The van der Waals surface area contributed by atoms with Gasteiger partial charge in [0.15, 0.2) is 5.96 Å². The molecule has 1 aromatic rings. The Hall–Kier alpha value is -1.14. The van der Waals surface area contributed by atoms with Gasteiger partial charge in [0.2, 0.25) is 0 Å². The van der Waals surface area contributed by atoms with Gasteiger partial charge in [0.25, 0.3) is 0 Å². The molecule has 0 aliphatic carbocycles. The summed E-state index contributed by atoms with van der Waals surface area (Å²) in [6, 6.07) is 0. The molecule has 1 N–H and O–H groups in total. The predicted molar refractivity (Wildman–Crippen MR) is 64.6 cm³/mol. The molecule has 6 heteroatoms. The van der Waals surface area contributed by atoms with Crippen LogP contribution in [0.3, 0.4) is 0 Å². The molecular formula is C10H16N4OS. The summed E-state index contributed by atoms with van der Waals surface area (Å²) in [5.74, 6) is 0.960. The van der Waals surface area contributed by atoms with E-state index in [1.165, 1.54) is 0 Å². The highest BCUT2D eigenvalue weighted by Gasteiger charge is 2.11. The molecular weight excluding hydrogens is 224 g/mol. The van der Waals surface area contributed by atoms with Gasteiger partial charge in [-0.1, -0.05) is 0 Å². The Morgan fingerprint density at radius 3 is 3.19 bits per heavy atom. The molecule has 0 radical (unpaired) electrons. The van der Waals surface area contributed by atoms with Crippen LogP contribution in [0.5, 0.6) is 0 Å². The summed E-state index contributed by atoms with van der Waals surface area (Å²) in [5, 5.41) is 6.35. The molecule has 1 aromatic heterocycles. The lowest BCUT2D eigenvalue weighted by Gasteiger charge is -2.14. The van der Waals surface area contributed by atoms with E-state index < -0.39 is 0 Å². The van der Waals surface area contributed by atoms with Crippen LogP contribution in [0.25, 0.3) is 0 Å². The summed E-state index contributed by atoms with van der Waals surface area (Å²) in [6.45, 7) is 3.19. The zero-order valence-electron chi connectivity index (χ0n) is 9.56. The summed E-state index contributed by atoms with van der Waals surface area (Å²) in [6.07, 6.45) is 0. The standard InChI is InChI=1S/C10H16N4OS/c1-14-4-3-11-10(14)12-5-8-7-16-9(13-8)6-15-2/h7H,3-6H2,1-2H3,(H,11,12). The second kappa shape index (κ2) is 5.27. The van der Waals surface area contributed by atoms with Crippen molar-refractivity contribution in [3.05, 3.63) is 16.1 Å². The first-order valence-corrected chi connectivity index (χ1v) is 6.09. The highest BCUT2D eigenvalue weighted by atomic mass is 32.1. The molecule has 0 saturated carbocycles. The number of likely N-dealkylation sites (N-methyl/N-ethyl adjacent to an activating group) is 1. The Labute approximate surface area is 99.2 Å². The Balaban J connectivity index is 1.84. The number of aromatic nitrogens is 1. The normalized spacial score (nSPS) is 15.4. The quantitative estimate of drug-likeness (QED) is 0.841. The molecule has 16 heavy (non-hydrogen) atoms. The molecule has 0 fully saturated rings. The fraction of sp³-hybridized carbons (Fsp3) is 0.600. The Bertz CT molecular complexity index is 377. The summed E-state index contributed by atoms with van der Waals surface area (Å²) in [5.41, 5.74) is 1.04. The SMILES string of the molecule is COCc1nc(CNC2=NCCN2C)cs1. The van der Waals surface area contributed by atoms with E-state index in [1.807, 2.05) is 7.05 Å². The van der Waals surface area contributed by atoms with Crippen molar-refractivity contribution in [2.24, 2.45) is 4.99 Å². The maximum absolute atomic E-state index is 5.03. The molecule has 1 aliphatic rings.